The summed E-state index contributed by atoms with van der Waals surface area (Å²) in [6.45, 7) is 7.15. The number of benzene rings is 1. The van der Waals surface area contributed by atoms with Gasteiger partial charge in [-0.05, 0) is 45.2 Å². The number of aromatic amines is 1. The van der Waals surface area contributed by atoms with Crippen LogP contribution in [-0.2, 0) is 16.9 Å². The summed E-state index contributed by atoms with van der Waals surface area (Å²) in [5.41, 5.74) is -2.13. The number of rotatable bonds is 3. The van der Waals surface area contributed by atoms with Crippen molar-refractivity contribution in [3.63, 3.8) is 0 Å². The minimum absolute atomic E-state index is 0.0538. The highest BCUT2D eigenvalue weighted by Gasteiger charge is 2.57. The molecule has 0 amide bonds. The molecule has 2 heterocycles. The van der Waals surface area contributed by atoms with E-state index in [1.165, 1.54) is 38.2 Å². The maximum Gasteiger partial charge on any atom is 0.421 e. The number of amidine groups is 1. The smallest absolute Gasteiger partial charge is 0.421 e. The Morgan fingerprint density at radius 2 is 2.17 bits per heavy atom. The van der Waals surface area contributed by atoms with Crippen molar-refractivity contribution in [3.8, 4) is 11.6 Å². The molecule has 3 rings (SSSR count). The molecular weight excluding hydrogens is 405 g/mol. The highest BCUT2D eigenvalue weighted by molar-refractivity contribution is 5.81. The van der Waals surface area contributed by atoms with E-state index in [1.807, 2.05) is 0 Å². The summed E-state index contributed by atoms with van der Waals surface area (Å²) in [4.78, 5) is 21.8. The number of allylic oxidation sites excluding steroid dienone is 1. The molecular formula is C19H19F3N4O4. The number of nitrogens with one attached hydrogen (secondary N) is 1. The molecule has 0 bridgehead atoms. The average Bonchev–Trinajstić information content (AvgIpc) is 3.15. The van der Waals surface area contributed by atoms with Gasteiger partial charge >= 0.3 is 17.9 Å². The predicted octanol–water partition coefficient (Wildman–Crippen LogP) is 3.45. The minimum Gasteiger partial charge on any atom is -0.493 e. The van der Waals surface area contributed by atoms with Crippen molar-refractivity contribution in [1.82, 2.24) is 9.55 Å². The lowest BCUT2D eigenvalue weighted by atomic mass is 9.93. The van der Waals surface area contributed by atoms with Gasteiger partial charge in [0.1, 0.15) is 5.75 Å². The summed E-state index contributed by atoms with van der Waals surface area (Å²) < 4.78 is 51.8. The Hall–Kier alpha value is -3.34. The van der Waals surface area contributed by atoms with Crippen LogP contribution in [0.15, 0.2) is 39.2 Å². The molecule has 0 fully saturated rings. The number of hydrogen-bond acceptors (Lipinski definition) is 5. The van der Waals surface area contributed by atoms with Crippen LogP contribution in [0.4, 0.5) is 13.2 Å². The lowest BCUT2D eigenvalue weighted by molar-refractivity contribution is -0.272. The maximum absolute atomic E-state index is 13.4. The fourth-order valence-corrected chi connectivity index (χ4v) is 3.00. The highest BCUT2D eigenvalue weighted by Crippen LogP contribution is 2.48. The standard InChI is InChI=1S/C19H19F3N4O4/c1-10(26-15(27)11(2)25-17(26)28)8-24-16(23-4)30-13-6-5-12-9-29-18(3,14(12)7-13)19(20,21)22/h5-8,27H,4,9H2,1-3H3,(H,25,28). The third kappa shape index (κ3) is 3.63. The van der Waals surface area contributed by atoms with Gasteiger partial charge in [-0.2, -0.15) is 13.2 Å². The van der Waals surface area contributed by atoms with Gasteiger partial charge < -0.3 is 19.6 Å². The summed E-state index contributed by atoms with van der Waals surface area (Å²) >= 11 is 0. The highest BCUT2D eigenvalue weighted by atomic mass is 19.4. The molecule has 1 unspecified atom stereocenters. The number of fused-ring (bicyclic) bond motifs is 1. The van der Waals surface area contributed by atoms with Crippen LogP contribution in [-0.4, -0.2) is 33.6 Å². The molecule has 0 saturated carbocycles. The molecule has 0 saturated heterocycles. The molecule has 1 aromatic carbocycles. The van der Waals surface area contributed by atoms with E-state index >= 15 is 0 Å². The number of aliphatic imine (C=N–C) groups is 2. The summed E-state index contributed by atoms with van der Waals surface area (Å²) in [6, 6.07) is 3.90. The van der Waals surface area contributed by atoms with Gasteiger partial charge in [0.15, 0.2) is 5.60 Å². The largest absolute Gasteiger partial charge is 0.493 e. The predicted molar refractivity (Wildman–Crippen MR) is 104 cm³/mol. The van der Waals surface area contributed by atoms with Crippen LogP contribution >= 0.6 is 0 Å². The van der Waals surface area contributed by atoms with Crippen LogP contribution in [0.1, 0.15) is 30.7 Å². The summed E-state index contributed by atoms with van der Waals surface area (Å²) in [6.07, 6.45) is -3.40. The molecule has 2 N–H and O–H groups in total. The molecule has 0 aliphatic carbocycles. The average molecular weight is 424 g/mol. The van der Waals surface area contributed by atoms with E-state index in [2.05, 4.69) is 21.7 Å². The van der Waals surface area contributed by atoms with E-state index < -0.39 is 17.5 Å². The van der Waals surface area contributed by atoms with Gasteiger partial charge in [0.2, 0.25) is 5.88 Å². The van der Waals surface area contributed by atoms with Crippen LogP contribution in [0.2, 0.25) is 0 Å². The van der Waals surface area contributed by atoms with E-state index in [0.717, 1.165) is 11.5 Å². The van der Waals surface area contributed by atoms with Crippen molar-refractivity contribution in [1.29, 1.82) is 0 Å². The topological polar surface area (TPSA) is 101 Å². The lowest BCUT2D eigenvalue weighted by Crippen LogP contribution is -2.39. The Morgan fingerprint density at radius 1 is 1.47 bits per heavy atom. The molecule has 0 spiro atoms. The first-order valence-corrected chi connectivity index (χ1v) is 8.72. The molecule has 1 atom stereocenters. The SMILES string of the molecule is C=NC(=NC=C(C)n1c(O)c(C)[nH]c1=O)Oc1ccc2c(c1)C(C)(C(F)(F)F)OC2. The van der Waals surface area contributed by atoms with Crippen molar-refractivity contribution >= 4 is 18.4 Å². The molecule has 11 heteroatoms. The maximum atomic E-state index is 13.4. The fraction of sp³-hybridized carbons (Fsp3) is 0.316. The first kappa shape index (κ1) is 21.4. The zero-order valence-electron chi connectivity index (χ0n) is 16.4. The molecule has 2 aromatic rings. The van der Waals surface area contributed by atoms with Gasteiger partial charge in [-0.15, -0.1) is 0 Å². The van der Waals surface area contributed by atoms with E-state index in [0.29, 0.717) is 5.56 Å². The normalized spacial score (nSPS) is 19.7. The van der Waals surface area contributed by atoms with E-state index in [9.17, 15) is 23.1 Å². The number of nitrogens with zero attached hydrogens (tertiary/aromatic N) is 3. The number of aromatic nitrogens is 2. The van der Waals surface area contributed by atoms with E-state index in [1.54, 1.807) is 0 Å². The second kappa shape index (κ2) is 7.48. The fourth-order valence-electron chi connectivity index (χ4n) is 3.00. The van der Waals surface area contributed by atoms with Crippen molar-refractivity contribution in [2.45, 2.75) is 39.2 Å². The van der Waals surface area contributed by atoms with Crippen molar-refractivity contribution in [3.05, 3.63) is 51.7 Å². The van der Waals surface area contributed by atoms with E-state index in [-0.39, 0.29) is 41.2 Å². The second-order valence-electron chi connectivity index (χ2n) is 6.80. The monoisotopic (exact) mass is 424 g/mol. The second-order valence-corrected chi connectivity index (χ2v) is 6.80. The molecule has 160 valence electrons. The van der Waals surface area contributed by atoms with Crippen LogP contribution in [0, 0.1) is 6.92 Å². The van der Waals surface area contributed by atoms with Crippen LogP contribution in [0.5, 0.6) is 11.6 Å². The zero-order chi connectivity index (χ0) is 22.3. The number of hydrogen-bond donors (Lipinski definition) is 2. The quantitative estimate of drug-likeness (QED) is 0.582. The number of aromatic hydroxyl groups is 1. The van der Waals surface area contributed by atoms with Gasteiger partial charge in [-0.1, -0.05) is 6.07 Å². The number of imidazole rings is 1. The Bertz CT molecular complexity index is 1110. The van der Waals surface area contributed by atoms with Crippen LogP contribution < -0.4 is 10.4 Å². The zero-order valence-corrected chi connectivity index (χ0v) is 16.4. The number of aryl methyl sites for hydroxylation is 1. The summed E-state index contributed by atoms with van der Waals surface area (Å²) in [5, 5.41) is 9.92. The molecule has 0 radical (unpaired) electrons. The summed E-state index contributed by atoms with van der Waals surface area (Å²) in [5.74, 6) is -0.215. The number of H-pyrrole nitrogens is 1. The number of ether oxygens (including phenoxy) is 2. The Kier molecular flexibility index (Phi) is 5.33. The Morgan fingerprint density at radius 3 is 2.73 bits per heavy atom. The molecule has 30 heavy (non-hydrogen) atoms. The Balaban J connectivity index is 1.89. The lowest BCUT2D eigenvalue weighted by Gasteiger charge is -2.27. The van der Waals surface area contributed by atoms with Gasteiger partial charge in [0.05, 0.1) is 18.5 Å². The van der Waals surface area contributed by atoms with Gasteiger partial charge in [-0.3, -0.25) is 0 Å². The third-order valence-electron chi connectivity index (χ3n) is 4.76. The molecule has 1 aliphatic heterocycles. The first-order valence-electron chi connectivity index (χ1n) is 8.72. The first-order chi connectivity index (χ1) is 14.0. The van der Waals surface area contributed by atoms with Gasteiger partial charge in [0, 0.05) is 11.3 Å². The van der Waals surface area contributed by atoms with Crippen molar-refractivity contribution < 1.29 is 27.8 Å². The Labute approximate surface area is 169 Å². The van der Waals surface area contributed by atoms with Crippen molar-refractivity contribution in [2.24, 2.45) is 9.98 Å². The third-order valence-corrected chi connectivity index (χ3v) is 4.76. The minimum atomic E-state index is -4.60. The van der Waals surface area contributed by atoms with Crippen LogP contribution in [0.25, 0.3) is 5.70 Å². The number of halogens is 3. The summed E-state index contributed by atoms with van der Waals surface area (Å²) in [7, 11) is 0. The van der Waals surface area contributed by atoms with E-state index in [4.69, 9.17) is 9.47 Å². The molecule has 1 aromatic heterocycles. The van der Waals surface area contributed by atoms with Crippen molar-refractivity contribution in [2.75, 3.05) is 0 Å². The number of alkyl halides is 3. The van der Waals surface area contributed by atoms with Crippen LogP contribution in [0.3, 0.4) is 0 Å². The molecule has 1 aliphatic rings. The van der Waals surface area contributed by atoms with Gasteiger partial charge in [-0.25, -0.2) is 19.3 Å². The molecule has 8 nitrogen and oxygen atoms in total. The van der Waals surface area contributed by atoms with Gasteiger partial charge in [0.25, 0.3) is 0 Å².